The molecule has 1 aliphatic rings. The lowest BCUT2D eigenvalue weighted by Gasteiger charge is -2.23. The predicted octanol–water partition coefficient (Wildman–Crippen LogP) is 1.84. The average molecular weight is 297 g/mol. The van der Waals surface area contributed by atoms with E-state index >= 15 is 0 Å². The maximum atomic E-state index is 12.6. The summed E-state index contributed by atoms with van der Waals surface area (Å²) in [6.07, 6.45) is 2.66. The van der Waals surface area contributed by atoms with Crippen molar-refractivity contribution in [3.05, 3.63) is 53.7 Å². The van der Waals surface area contributed by atoms with Gasteiger partial charge in [0.1, 0.15) is 5.82 Å². The molecule has 1 aromatic carbocycles. The van der Waals surface area contributed by atoms with Crippen LogP contribution in [0.1, 0.15) is 15.9 Å². The predicted molar refractivity (Wildman–Crippen MR) is 85.4 cm³/mol. The molecule has 1 amide bonds. The molecule has 1 N–H and O–H groups in total. The highest BCUT2D eigenvalue weighted by molar-refractivity contribution is 5.99. The summed E-state index contributed by atoms with van der Waals surface area (Å²) >= 11 is 0. The number of para-hydroxylation sites is 1. The molecule has 0 saturated heterocycles. The second-order valence-electron chi connectivity index (χ2n) is 5.36. The van der Waals surface area contributed by atoms with Crippen LogP contribution in [-0.2, 0) is 6.42 Å². The number of carbonyl (C=O) groups excluding carboxylic acids is 1. The number of nitrogens with zero attached hydrogens (tertiary/aromatic N) is 3. The fraction of sp³-hybridized carbons (Fsp3) is 0.294. The van der Waals surface area contributed by atoms with Crippen molar-refractivity contribution in [3.8, 4) is 0 Å². The van der Waals surface area contributed by atoms with Crippen LogP contribution >= 0.6 is 0 Å². The molecule has 5 nitrogen and oxygen atoms in total. The van der Waals surface area contributed by atoms with Gasteiger partial charge in [-0.15, -0.1) is 0 Å². The molecule has 2 aromatic rings. The molecule has 0 fully saturated rings. The zero-order chi connectivity index (χ0) is 15.5. The number of amides is 1. The van der Waals surface area contributed by atoms with Gasteiger partial charge < -0.3 is 14.9 Å². The Labute approximate surface area is 129 Å². The third kappa shape index (κ3) is 2.55. The number of pyridine rings is 1. The van der Waals surface area contributed by atoms with E-state index in [4.69, 9.17) is 5.11 Å². The van der Waals surface area contributed by atoms with Crippen LogP contribution in [0.15, 0.2) is 42.6 Å². The minimum atomic E-state index is -0.124. The summed E-state index contributed by atoms with van der Waals surface area (Å²) in [6.45, 7) is 1.08. The van der Waals surface area contributed by atoms with Crippen molar-refractivity contribution in [3.63, 3.8) is 0 Å². The van der Waals surface area contributed by atoms with Gasteiger partial charge in [0, 0.05) is 32.0 Å². The summed E-state index contributed by atoms with van der Waals surface area (Å²) < 4.78 is 0. The van der Waals surface area contributed by atoms with Crippen LogP contribution in [0, 0.1) is 0 Å². The van der Waals surface area contributed by atoms with E-state index in [0.717, 1.165) is 18.7 Å². The normalized spacial score (nSPS) is 13.1. The van der Waals surface area contributed by atoms with Crippen LogP contribution < -0.4 is 4.90 Å². The number of benzene rings is 1. The third-order valence-corrected chi connectivity index (χ3v) is 3.94. The van der Waals surface area contributed by atoms with E-state index in [2.05, 4.69) is 22.0 Å². The number of likely N-dealkylation sites (N-methyl/N-ethyl adjacent to an activating group) is 1. The molecule has 1 aliphatic heterocycles. The van der Waals surface area contributed by atoms with E-state index in [1.54, 1.807) is 25.4 Å². The van der Waals surface area contributed by atoms with Crippen LogP contribution in [0.5, 0.6) is 0 Å². The summed E-state index contributed by atoms with van der Waals surface area (Å²) in [5.74, 6) is 0.559. The Hall–Kier alpha value is -2.40. The fourth-order valence-electron chi connectivity index (χ4n) is 2.79. The Morgan fingerprint density at radius 1 is 1.32 bits per heavy atom. The van der Waals surface area contributed by atoms with Crippen LogP contribution in [-0.4, -0.2) is 47.6 Å². The van der Waals surface area contributed by atoms with Gasteiger partial charge in [0.15, 0.2) is 0 Å². The van der Waals surface area contributed by atoms with Gasteiger partial charge in [0.2, 0.25) is 0 Å². The lowest BCUT2D eigenvalue weighted by molar-refractivity contribution is 0.0767. The highest BCUT2D eigenvalue weighted by Gasteiger charge is 2.26. The fourth-order valence-corrected chi connectivity index (χ4v) is 2.79. The van der Waals surface area contributed by atoms with Crippen molar-refractivity contribution in [2.75, 3.05) is 31.6 Å². The Morgan fingerprint density at radius 3 is 2.95 bits per heavy atom. The molecule has 5 heteroatoms. The molecule has 0 radical (unpaired) electrons. The Kier molecular flexibility index (Phi) is 4.06. The number of hydrogen-bond donors (Lipinski definition) is 1. The SMILES string of the molecule is CN(CCO)C(=O)c1cccnc1N1CCc2ccccc21. The first kappa shape index (κ1) is 14.5. The molecule has 22 heavy (non-hydrogen) atoms. The third-order valence-electron chi connectivity index (χ3n) is 3.94. The van der Waals surface area contributed by atoms with E-state index in [0.29, 0.717) is 17.9 Å². The lowest BCUT2D eigenvalue weighted by Crippen LogP contribution is -2.31. The number of rotatable bonds is 4. The van der Waals surface area contributed by atoms with E-state index in [-0.39, 0.29) is 12.5 Å². The minimum absolute atomic E-state index is 0.0512. The number of aliphatic hydroxyl groups excluding tert-OH is 1. The van der Waals surface area contributed by atoms with Gasteiger partial charge in [0.05, 0.1) is 12.2 Å². The largest absolute Gasteiger partial charge is 0.395 e. The van der Waals surface area contributed by atoms with Gasteiger partial charge in [0.25, 0.3) is 5.91 Å². The first-order valence-corrected chi connectivity index (χ1v) is 7.39. The maximum Gasteiger partial charge on any atom is 0.257 e. The molecule has 3 rings (SSSR count). The van der Waals surface area contributed by atoms with Gasteiger partial charge in [-0.2, -0.15) is 0 Å². The number of aromatic nitrogens is 1. The molecule has 0 bridgehead atoms. The smallest absolute Gasteiger partial charge is 0.257 e. The molecule has 0 unspecified atom stereocenters. The first-order valence-electron chi connectivity index (χ1n) is 7.39. The number of fused-ring (bicyclic) bond motifs is 1. The molecule has 0 spiro atoms. The minimum Gasteiger partial charge on any atom is -0.395 e. The number of aliphatic hydroxyl groups is 1. The average Bonchev–Trinajstić information content (AvgIpc) is 2.98. The van der Waals surface area contributed by atoms with Crippen molar-refractivity contribution in [2.24, 2.45) is 0 Å². The number of hydrogen-bond acceptors (Lipinski definition) is 4. The molecule has 1 aromatic heterocycles. The maximum absolute atomic E-state index is 12.6. The van der Waals surface area contributed by atoms with Crippen LogP contribution in [0.4, 0.5) is 11.5 Å². The van der Waals surface area contributed by atoms with Crippen molar-refractivity contribution < 1.29 is 9.90 Å². The zero-order valence-corrected chi connectivity index (χ0v) is 12.6. The Bertz CT molecular complexity index is 687. The van der Waals surface area contributed by atoms with Gasteiger partial charge in [-0.3, -0.25) is 4.79 Å². The van der Waals surface area contributed by atoms with Gasteiger partial charge in [-0.05, 0) is 30.2 Å². The molecule has 0 atom stereocenters. The van der Waals surface area contributed by atoms with E-state index in [1.807, 2.05) is 12.1 Å². The van der Waals surface area contributed by atoms with Gasteiger partial charge in [-0.25, -0.2) is 4.98 Å². The molecular formula is C17H19N3O2. The monoisotopic (exact) mass is 297 g/mol. The summed E-state index contributed by atoms with van der Waals surface area (Å²) in [6, 6.07) is 11.8. The summed E-state index contributed by atoms with van der Waals surface area (Å²) in [4.78, 5) is 20.6. The summed E-state index contributed by atoms with van der Waals surface area (Å²) in [7, 11) is 1.69. The van der Waals surface area contributed by atoms with Gasteiger partial charge >= 0.3 is 0 Å². The van der Waals surface area contributed by atoms with Crippen LogP contribution in [0.2, 0.25) is 0 Å². The van der Waals surface area contributed by atoms with Crippen LogP contribution in [0.25, 0.3) is 0 Å². The van der Waals surface area contributed by atoms with E-state index in [9.17, 15) is 4.79 Å². The molecule has 114 valence electrons. The highest BCUT2D eigenvalue weighted by atomic mass is 16.3. The van der Waals surface area contributed by atoms with Gasteiger partial charge in [-0.1, -0.05) is 18.2 Å². The molecule has 0 aliphatic carbocycles. The molecule has 2 heterocycles. The lowest BCUT2D eigenvalue weighted by atomic mass is 10.1. The quantitative estimate of drug-likeness (QED) is 0.935. The first-order chi connectivity index (χ1) is 10.7. The standard InChI is InChI=1S/C17H19N3O2/c1-19(11-12-21)17(22)14-6-4-9-18-16(14)20-10-8-13-5-2-3-7-15(13)20/h2-7,9,21H,8,10-12H2,1H3. The Balaban J connectivity index is 1.98. The van der Waals surface area contributed by atoms with Crippen molar-refractivity contribution in [2.45, 2.75) is 6.42 Å². The van der Waals surface area contributed by atoms with Crippen molar-refractivity contribution in [1.82, 2.24) is 9.88 Å². The zero-order valence-electron chi connectivity index (χ0n) is 12.6. The summed E-state index contributed by atoms with van der Waals surface area (Å²) in [5.41, 5.74) is 2.95. The number of anilines is 2. The number of carbonyl (C=O) groups is 1. The second-order valence-corrected chi connectivity index (χ2v) is 5.36. The second kappa shape index (κ2) is 6.15. The summed E-state index contributed by atoms with van der Waals surface area (Å²) in [5, 5.41) is 9.02. The van der Waals surface area contributed by atoms with Crippen LogP contribution in [0.3, 0.4) is 0 Å². The molecular weight excluding hydrogens is 278 g/mol. The topological polar surface area (TPSA) is 56.7 Å². The van der Waals surface area contributed by atoms with Crippen molar-refractivity contribution in [1.29, 1.82) is 0 Å². The van der Waals surface area contributed by atoms with Crippen molar-refractivity contribution >= 4 is 17.4 Å². The molecule has 0 saturated carbocycles. The highest BCUT2D eigenvalue weighted by Crippen LogP contribution is 2.34. The van der Waals surface area contributed by atoms with E-state index in [1.165, 1.54) is 10.5 Å². The van der Waals surface area contributed by atoms with E-state index < -0.39 is 0 Å². The Morgan fingerprint density at radius 2 is 2.14 bits per heavy atom.